The SMILES string of the molecule is CCc1nc(-c2ccc(OC)c(O)c2)sc1C(=O)O. The molecular formula is C13H13NO4S. The second-order valence-electron chi connectivity index (χ2n) is 3.84. The molecule has 0 fully saturated rings. The van der Waals surface area contributed by atoms with Crippen molar-refractivity contribution in [3.8, 4) is 22.1 Å². The van der Waals surface area contributed by atoms with Crippen LogP contribution in [0.4, 0.5) is 0 Å². The van der Waals surface area contributed by atoms with Crippen molar-refractivity contribution in [2.45, 2.75) is 13.3 Å². The predicted molar refractivity (Wildman–Crippen MR) is 72.1 cm³/mol. The molecule has 0 unspecified atom stereocenters. The Kier molecular flexibility index (Phi) is 3.71. The third-order valence-corrected chi connectivity index (χ3v) is 3.79. The van der Waals surface area contributed by atoms with Crippen LogP contribution < -0.4 is 4.74 Å². The van der Waals surface area contributed by atoms with Crippen molar-refractivity contribution in [2.24, 2.45) is 0 Å². The van der Waals surface area contributed by atoms with Crippen LogP contribution in [0.3, 0.4) is 0 Å². The fourth-order valence-electron chi connectivity index (χ4n) is 1.70. The van der Waals surface area contributed by atoms with E-state index in [9.17, 15) is 9.90 Å². The van der Waals surface area contributed by atoms with Gasteiger partial charge in [-0.3, -0.25) is 0 Å². The van der Waals surface area contributed by atoms with Crippen molar-refractivity contribution in [2.75, 3.05) is 7.11 Å². The van der Waals surface area contributed by atoms with Gasteiger partial charge < -0.3 is 14.9 Å². The Morgan fingerprint density at radius 3 is 2.68 bits per heavy atom. The van der Waals surface area contributed by atoms with E-state index in [0.29, 0.717) is 28.4 Å². The number of hydrogen-bond donors (Lipinski definition) is 2. The summed E-state index contributed by atoms with van der Waals surface area (Å²) in [5.74, 6) is -0.599. The molecule has 0 amide bonds. The van der Waals surface area contributed by atoms with Crippen LogP contribution in [-0.4, -0.2) is 28.3 Å². The molecule has 1 aromatic heterocycles. The first-order valence-electron chi connectivity index (χ1n) is 5.67. The first kappa shape index (κ1) is 13.4. The van der Waals surface area contributed by atoms with Gasteiger partial charge in [0.15, 0.2) is 11.5 Å². The molecule has 6 heteroatoms. The summed E-state index contributed by atoms with van der Waals surface area (Å²) < 4.78 is 4.96. The van der Waals surface area contributed by atoms with Crippen molar-refractivity contribution < 1.29 is 19.7 Å². The van der Waals surface area contributed by atoms with E-state index < -0.39 is 5.97 Å². The molecule has 0 saturated carbocycles. The number of ether oxygens (including phenoxy) is 1. The third kappa shape index (κ3) is 2.53. The number of aromatic hydroxyl groups is 1. The Morgan fingerprint density at radius 1 is 1.47 bits per heavy atom. The maximum Gasteiger partial charge on any atom is 0.347 e. The van der Waals surface area contributed by atoms with E-state index in [2.05, 4.69) is 4.98 Å². The van der Waals surface area contributed by atoms with Crippen molar-refractivity contribution in [3.63, 3.8) is 0 Å². The highest BCUT2D eigenvalue weighted by atomic mass is 32.1. The minimum Gasteiger partial charge on any atom is -0.504 e. The lowest BCUT2D eigenvalue weighted by Gasteiger charge is -2.03. The van der Waals surface area contributed by atoms with Gasteiger partial charge in [-0.15, -0.1) is 11.3 Å². The summed E-state index contributed by atoms with van der Waals surface area (Å²) in [7, 11) is 1.47. The molecule has 0 aliphatic heterocycles. The summed E-state index contributed by atoms with van der Waals surface area (Å²) in [5, 5.41) is 19.4. The van der Waals surface area contributed by atoms with Crippen LogP contribution in [0.5, 0.6) is 11.5 Å². The number of phenolic OH excluding ortho intramolecular Hbond substituents is 1. The fraction of sp³-hybridized carbons (Fsp3) is 0.231. The molecule has 0 atom stereocenters. The van der Waals surface area contributed by atoms with Crippen molar-refractivity contribution in [1.29, 1.82) is 0 Å². The molecule has 2 rings (SSSR count). The molecule has 0 bridgehead atoms. The molecule has 0 saturated heterocycles. The highest BCUT2D eigenvalue weighted by Crippen LogP contribution is 2.34. The number of carboxylic acid groups (broad SMARTS) is 1. The van der Waals surface area contributed by atoms with Gasteiger partial charge in [-0.05, 0) is 24.6 Å². The number of hydrogen-bond acceptors (Lipinski definition) is 5. The number of rotatable bonds is 4. The average molecular weight is 279 g/mol. The summed E-state index contributed by atoms with van der Waals surface area (Å²) in [5.41, 5.74) is 1.23. The lowest BCUT2D eigenvalue weighted by atomic mass is 10.2. The molecular weight excluding hydrogens is 266 g/mol. The summed E-state index contributed by atoms with van der Waals surface area (Å²) in [4.78, 5) is 15.6. The monoisotopic (exact) mass is 279 g/mol. The van der Waals surface area contributed by atoms with Crippen LogP contribution in [0.1, 0.15) is 22.3 Å². The second kappa shape index (κ2) is 5.27. The maximum atomic E-state index is 11.1. The Balaban J connectivity index is 2.47. The molecule has 5 nitrogen and oxygen atoms in total. The zero-order valence-electron chi connectivity index (χ0n) is 10.5. The Bertz CT molecular complexity index is 621. The van der Waals surface area contributed by atoms with Crippen molar-refractivity contribution in [1.82, 2.24) is 4.98 Å². The number of benzene rings is 1. The molecule has 0 spiro atoms. The quantitative estimate of drug-likeness (QED) is 0.899. The van der Waals surface area contributed by atoms with Gasteiger partial charge in [-0.25, -0.2) is 9.78 Å². The Morgan fingerprint density at radius 2 is 2.21 bits per heavy atom. The van der Waals surface area contributed by atoms with E-state index >= 15 is 0 Å². The van der Waals surface area contributed by atoms with Crippen molar-refractivity contribution in [3.05, 3.63) is 28.8 Å². The fourth-order valence-corrected chi connectivity index (χ4v) is 2.69. The number of phenols is 1. The highest BCUT2D eigenvalue weighted by molar-refractivity contribution is 7.17. The first-order valence-corrected chi connectivity index (χ1v) is 6.48. The van der Waals surface area contributed by atoms with Crippen LogP contribution >= 0.6 is 11.3 Å². The van der Waals surface area contributed by atoms with Crippen LogP contribution in [0.2, 0.25) is 0 Å². The molecule has 0 aliphatic carbocycles. The van der Waals surface area contributed by atoms with E-state index in [1.54, 1.807) is 12.1 Å². The topological polar surface area (TPSA) is 79.7 Å². The average Bonchev–Trinajstić information content (AvgIpc) is 2.83. The van der Waals surface area contributed by atoms with Gasteiger partial charge in [0.05, 0.1) is 12.8 Å². The van der Waals surface area contributed by atoms with Gasteiger partial charge in [-0.1, -0.05) is 6.92 Å². The minimum atomic E-state index is -0.974. The van der Waals surface area contributed by atoms with Crippen molar-refractivity contribution >= 4 is 17.3 Å². The van der Waals surface area contributed by atoms with Crippen LogP contribution in [0.15, 0.2) is 18.2 Å². The largest absolute Gasteiger partial charge is 0.504 e. The number of carboxylic acids is 1. The van der Waals surface area contributed by atoms with Crippen LogP contribution in [0.25, 0.3) is 10.6 Å². The number of aryl methyl sites for hydroxylation is 1. The third-order valence-electron chi connectivity index (χ3n) is 2.65. The van der Waals surface area contributed by atoms with E-state index in [1.165, 1.54) is 13.2 Å². The molecule has 0 aliphatic rings. The number of aromatic nitrogens is 1. The van der Waals surface area contributed by atoms with E-state index in [1.807, 2.05) is 6.92 Å². The number of nitrogens with zero attached hydrogens (tertiary/aromatic N) is 1. The second-order valence-corrected chi connectivity index (χ2v) is 4.84. The lowest BCUT2D eigenvalue weighted by molar-refractivity contribution is 0.0701. The normalized spacial score (nSPS) is 10.4. The predicted octanol–water partition coefficient (Wildman–Crippen LogP) is 2.78. The first-order chi connectivity index (χ1) is 9.06. The minimum absolute atomic E-state index is 0.00474. The zero-order chi connectivity index (χ0) is 14.0. The van der Waals surface area contributed by atoms with Gasteiger partial charge in [0.1, 0.15) is 9.88 Å². The highest BCUT2D eigenvalue weighted by Gasteiger charge is 2.17. The Labute approximate surface area is 114 Å². The number of carbonyl (C=O) groups is 1. The number of thiazole rings is 1. The summed E-state index contributed by atoms with van der Waals surface area (Å²) in [6, 6.07) is 4.88. The smallest absolute Gasteiger partial charge is 0.347 e. The molecule has 2 N–H and O–H groups in total. The van der Waals surface area contributed by atoms with Gasteiger partial charge >= 0.3 is 5.97 Å². The molecule has 1 heterocycles. The number of aromatic carboxylic acids is 1. The lowest BCUT2D eigenvalue weighted by Crippen LogP contribution is -1.97. The van der Waals surface area contributed by atoms with E-state index in [0.717, 1.165) is 11.3 Å². The van der Waals surface area contributed by atoms with E-state index in [4.69, 9.17) is 9.84 Å². The van der Waals surface area contributed by atoms with E-state index in [-0.39, 0.29) is 10.6 Å². The molecule has 2 aromatic rings. The van der Waals surface area contributed by atoms with Gasteiger partial charge in [-0.2, -0.15) is 0 Å². The Hall–Kier alpha value is -2.08. The zero-order valence-corrected chi connectivity index (χ0v) is 11.3. The molecule has 1 aromatic carbocycles. The van der Waals surface area contributed by atoms with Gasteiger partial charge in [0.25, 0.3) is 0 Å². The number of methoxy groups -OCH3 is 1. The summed E-state index contributed by atoms with van der Waals surface area (Å²) in [6.07, 6.45) is 0.556. The molecule has 0 radical (unpaired) electrons. The standard InChI is InChI=1S/C13H13NO4S/c1-3-8-11(13(16)17)19-12(14-8)7-4-5-10(18-2)9(15)6-7/h4-6,15H,3H2,1-2H3,(H,16,17). The molecule has 19 heavy (non-hydrogen) atoms. The van der Waals surface area contributed by atoms with Crippen LogP contribution in [0, 0.1) is 0 Å². The maximum absolute atomic E-state index is 11.1. The summed E-state index contributed by atoms with van der Waals surface area (Å²) in [6.45, 7) is 1.86. The van der Waals surface area contributed by atoms with Gasteiger partial charge in [0.2, 0.25) is 0 Å². The molecule has 100 valence electrons. The summed E-state index contributed by atoms with van der Waals surface area (Å²) >= 11 is 1.10. The van der Waals surface area contributed by atoms with Gasteiger partial charge in [0, 0.05) is 5.56 Å². The van der Waals surface area contributed by atoms with Crippen LogP contribution in [-0.2, 0) is 6.42 Å².